The lowest BCUT2D eigenvalue weighted by Gasteiger charge is -2.30. The standard InChI is InChI=1S/C55H39N/c1-56-54(39-28-26-37(27-29-39)36-14-3-2-4-15-36)42-18-13-17-41(34-42)53-43-19-6-5-16-38(43)30-32-44(53)40-31-33-48-47-22-9-12-25-51(47)55(52(48)35-40)49-23-10-7-20-45(49)46-21-8-11-24-50(46)55/h2-35,54,56H,1H3. The third kappa shape index (κ3) is 4.78. The van der Waals surface area contributed by atoms with E-state index in [1.165, 1.54) is 99.8 Å². The molecule has 0 saturated heterocycles. The fraction of sp³-hybridized carbons (Fsp3) is 0.0545. The Morgan fingerprint density at radius 3 is 1.57 bits per heavy atom. The van der Waals surface area contributed by atoms with E-state index in [-0.39, 0.29) is 11.5 Å². The maximum atomic E-state index is 3.64. The summed E-state index contributed by atoms with van der Waals surface area (Å²) in [5.74, 6) is 0. The Balaban J connectivity index is 1.09. The largest absolute Gasteiger partial charge is 0.309 e. The third-order valence-corrected chi connectivity index (χ3v) is 12.4. The molecular weight excluding hydrogens is 675 g/mol. The van der Waals surface area contributed by atoms with Gasteiger partial charge in [-0.1, -0.05) is 194 Å². The molecule has 1 nitrogen and oxygen atoms in total. The van der Waals surface area contributed by atoms with E-state index < -0.39 is 0 Å². The minimum Gasteiger partial charge on any atom is -0.309 e. The maximum Gasteiger partial charge on any atom is 0.0725 e. The van der Waals surface area contributed by atoms with Gasteiger partial charge in [0.25, 0.3) is 0 Å². The molecule has 11 rings (SSSR count). The van der Waals surface area contributed by atoms with E-state index in [4.69, 9.17) is 0 Å². The Hall–Kier alpha value is -6.80. The highest BCUT2D eigenvalue weighted by atomic mass is 14.9. The van der Waals surface area contributed by atoms with Gasteiger partial charge >= 0.3 is 0 Å². The van der Waals surface area contributed by atoms with Crippen LogP contribution in [-0.2, 0) is 5.41 Å². The van der Waals surface area contributed by atoms with Crippen molar-refractivity contribution >= 4 is 10.8 Å². The van der Waals surface area contributed by atoms with Crippen molar-refractivity contribution in [3.63, 3.8) is 0 Å². The highest BCUT2D eigenvalue weighted by Gasteiger charge is 2.51. The minimum absolute atomic E-state index is 0.0408. The van der Waals surface area contributed by atoms with Crippen molar-refractivity contribution in [3.8, 4) is 55.6 Å². The summed E-state index contributed by atoms with van der Waals surface area (Å²) in [6.45, 7) is 0. The van der Waals surface area contributed by atoms with Gasteiger partial charge in [0.05, 0.1) is 11.5 Å². The smallest absolute Gasteiger partial charge is 0.0725 e. The molecule has 0 bridgehead atoms. The zero-order chi connectivity index (χ0) is 37.2. The van der Waals surface area contributed by atoms with Crippen molar-refractivity contribution in [1.29, 1.82) is 0 Å². The van der Waals surface area contributed by atoms with Crippen molar-refractivity contribution in [2.24, 2.45) is 0 Å². The fourth-order valence-electron chi connectivity index (χ4n) is 9.98. The van der Waals surface area contributed by atoms with Crippen LogP contribution in [-0.4, -0.2) is 7.05 Å². The third-order valence-electron chi connectivity index (χ3n) is 12.4. The van der Waals surface area contributed by atoms with Gasteiger partial charge in [-0.15, -0.1) is 0 Å². The Bertz CT molecular complexity index is 2890. The molecule has 1 unspecified atom stereocenters. The van der Waals surface area contributed by atoms with E-state index in [0.29, 0.717) is 0 Å². The lowest BCUT2D eigenvalue weighted by molar-refractivity contribution is 0.692. The van der Waals surface area contributed by atoms with Gasteiger partial charge in [0.15, 0.2) is 0 Å². The van der Waals surface area contributed by atoms with Crippen molar-refractivity contribution in [3.05, 3.63) is 240 Å². The Labute approximate surface area is 328 Å². The summed E-state index contributed by atoms with van der Waals surface area (Å²) in [5.41, 5.74) is 20.2. The summed E-state index contributed by atoms with van der Waals surface area (Å²) in [7, 11) is 2.06. The van der Waals surface area contributed by atoms with Gasteiger partial charge in [0.2, 0.25) is 0 Å². The van der Waals surface area contributed by atoms with Crippen LogP contribution in [0.2, 0.25) is 0 Å². The van der Waals surface area contributed by atoms with Crippen LogP contribution in [0.15, 0.2) is 206 Å². The molecule has 0 aliphatic heterocycles. The van der Waals surface area contributed by atoms with Crippen molar-refractivity contribution in [2.75, 3.05) is 7.05 Å². The van der Waals surface area contributed by atoms with Crippen LogP contribution in [0.3, 0.4) is 0 Å². The second kappa shape index (κ2) is 12.9. The number of nitrogens with one attached hydrogen (secondary N) is 1. The first-order chi connectivity index (χ1) is 27.7. The number of benzene rings is 9. The molecule has 9 aromatic rings. The molecule has 0 aromatic heterocycles. The van der Waals surface area contributed by atoms with Gasteiger partial charge in [-0.05, 0) is 119 Å². The molecule has 2 aliphatic carbocycles. The van der Waals surface area contributed by atoms with E-state index in [1.807, 2.05) is 0 Å². The quantitative estimate of drug-likeness (QED) is 0.181. The van der Waals surface area contributed by atoms with Crippen LogP contribution in [0.25, 0.3) is 66.4 Å². The molecule has 1 N–H and O–H groups in total. The van der Waals surface area contributed by atoms with Gasteiger partial charge in [0.1, 0.15) is 0 Å². The molecule has 1 atom stereocenters. The van der Waals surface area contributed by atoms with Crippen molar-refractivity contribution in [1.82, 2.24) is 5.32 Å². The zero-order valence-electron chi connectivity index (χ0n) is 31.2. The summed E-state index contributed by atoms with van der Waals surface area (Å²) < 4.78 is 0. The van der Waals surface area contributed by atoms with Gasteiger partial charge in [0, 0.05) is 0 Å². The summed E-state index contributed by atoms with van der Waals surface area (Å²) in [5, 5.41) is 6.13. The lowest BCUT2D eigenvalue weighted by Crippen LogP contribution is -2.25. The van der Waals surface area contributed by atoms with E-state index in [0.717, 1.165) is 0 Å². The Morgan fingerprint density at radius 1 is 0.357 bits per heavy atom. The summed E-state index contributed by atoms with van der Waals surface area (Å²) in [6, 6.07) is 76.7. The molecule has 9 aromatic carbocycles. The first kappa shape index (κ1) is 32.6. The number of rotatable bonds is 6. The number of hydrogen-bond donors (Lipinski definition) is 1. The topological polar surface area (TPSA) is 12.0 Å². The second-order valence-electron chi connectivity index (χ2n) is 15.2. The molecule has 0 saturated carbocycles. The Kier molecular flexibility index (Phi) is 7.52. The first-order valence-corrected chi connectivity index (χ1v) is 19.6. The number of fused-ring (bicyclic) bond motifs is 11. The monoisotopic (exact) mass is 713 g/mol. The van der Waals surface area contributed by atoms with E-state index in [9.17, 15) is 0 Å². The zero-order valence-corrected chi connectivity index (χ0v) is 31.2. The average molecular weight is 714 g/mol. The minimum atomic E-state index is -0.387. The van der Waals surface area contributed by atoms with Crippen LogP contribution < -0.4 is 5.32 Å². The molecule has 2 aliphatic rings. The average Bonchev–Trinajstić information content (AvgIpc) is 3.74. The highest BCUT2D eigenvalue weighted by molar-refractivity contribution is 6.05. The molecule has 56 heavy (non-hydrogen) atoms. The van der Waals surface area contributed by atoms with E-state index in [2.05, 4.69) is 219 Å². The summed E-state index contributed by atoms with van der Waals surface area (Å²) in [6.07, 6.45) is 0. The maximum absolute atomic E-state index is 3.64. The predicted octanol–water partition coefficient (Wildman–Crippen LogP) is 13.5. The predicted molar refractivity (Wildman–Crippen MR) is 234 cm³/mol. The first-order valence-electron chi connectivity index (χ1n) is 19.6. The summed E-state index contributed by atoms with van der Waals surface area (Å²) >= 11 is 0. The van der Waals surface area contributed by atoms with Crippen LogP contribution >= 0.6 is 0 Å². The Morgan fingerprint density at radius 2 is 0.893 bits per heavy atom. The molecular formula is C55H39N. The SMILES string of the molecule is CNC(c1ccc(-c2ccccc2)cc1)c1cccc(-c2c(-c3ccc4c(c3)C3(c5ccccc5-c5ccccc53)c3ccccc3-4)ccc3ccccc23)c1. The van der Waals surface area contributed by atoms with Gasteiger partial charge in [-0.25, -0.2) is 0 Å². The van der Waals surface area contributed by atoms with Crippen LogP contribution in [0.4, 0.5) is 0 Å². The second-order valence-corrected chi connectivity index (χ2v) is 15.2. The molecule has 0 heterocycles. The van der Waals surface area contributed by atoms with Crippen LogP contribution in [0, 0.1) is 0 Å². The van der Waals surface area contributed by atoms with Crippen molar-refractivity contribution < 1.29 is 0 Å². The highest BCUT2D eigenvalue weighted by Crippen LogP contribution is 2.63. The lowest BCUT2D eigenvalue weighted by atomic mass is 9.70. The molecule has 0 amide bonds. The van der Waals surface area contributed by atoms with Gasteiger partial charge < -0.3 is 5.32 Å². The molecule has 1 spiro atoms. The normalized spacial score (nSPS) is 13.6. The van der Waals surface area contributed by atoms with Gasteiger partial charge in [-0.2, -0.15) is 0 Å². The van der Waals surface area contributed by atoms with Crippen LogP contribution in [0.1, 0.15) is 39.4 Å². The van der Waals surface area contributed by atoms with Crippen LogP contribution in [0.5, 0.6) is 0 Å². The molecule has 0 radical (unpaired) electrons. The summed E-state index contributed by atoms with van der Waals surface area (Å²) in [4.78, 5) is 0. The molecule has 264 valence electrons. The fourth-order valence-corrected chi connectivity index (χ4v) is 9.98. The molecule has 0 fully saturated rings. The van der Waals surface area contributed by atoms with Crippen molar-refractivity contribution in [2.45, 2.75) is 11.5 Å². The van der Waals surface area contributed by atoms with Gasteiger partial charge in [-0.3, -0.25) is 0 Å². The van der Waals surface area contributed by atoms with E-state index >= 15 is 0 Å². The number of hydrogen-bond acceptors (Lipinski definition) is 1. The van der Waals surface area contributed by atoms with E-state index in [1.54, 1.807) is 0 Å². The molecule has 1 heteroatoms.